The SMILES string of the molecule is Cc1cc(C)nc(NC(=O)c2cnc(NN)cn2)n1. The lowest BCUT2D eigenvalue weighted by Crippen LogP contribution is -2.17. The fourth-order valence-electron chi connectivity index (χ4n) is 1.47. The van der Waals surface area contributed by atoms with E-state index in [1.807, 2.05) is 19.9 Å². The Bertz CT molecular complexity index is 576. The number of aromatic nitrogens is 4. The van der Waals surface area contributed by atoms with Gasteiger partial charge in [0.1, 0.15) is 5.69 Å². The van der Waals surface area contributed by atoms with Gasteiger partial charge < -0.3 is 5.43 Å². The largest absolute Gasteiger partial charge is 0.307 e. The number of nitrogens with zero attached hydrogens (tertiary/aromatic N) is 4. The minimum absolute atomic E-state index is 0.154. The summed E-state index contributed by atoms with van der Waals surface area (Å²) in [5.74, 6) is 5.35. The molecule has 1 amide bonds. The molecular weight excluding hydrogens is 246 g/mol. The van der Waals surface area contributed by atoms with Crippen LogP contribution in [0.2, 0.25) is 0 Å². The van der Waals surface area contributed by atoms with E-state index < -0.39 is 5.91 Å². The number of hydrazine groups is 1. The Hall–Kier alpha value is -2.61. The second-order valence-corrected chi connectivity index (χ2v) is 3.86. The minimum Gasteiger partial charge on any atom is -0.307 e. The van der Waals surface area contributed by atoms with Gasteiger partial charge >= 0.3 is 0 Å². The summed E-state index contributed by atoms with van der Waals surface area (Å²) in [6.07, 6.45) is 2.67. The van der Waals surface area contributed by atoms with Crippen molar-refractivity contribution in [2.45, 2.75) is 13.8 Å². The van der Waals surface area contributed by atoms with E-state index in [9.17, 15) is 4.79 Å². The highest BCUT2D eigenvalue weighted by atomic mass is 16.2. The third kappa shape index (κ3) is 3.19. The zero-order valence-corrected chi connectivity index (χ0v) is 10.5. The van der Waals surface area contributed by atoms with Crippen LogP contribution < -0.4 is 16.6 Å². The normalized spacial score (nSPS) is 10.1. The number of carbonyl (C=O) groups excluding carboxylic acids is 1. The third-order valence-electron chi connectivity index (χ3n) is 2.24. The van der Waals surface area contributed by atoms with Crippen LogP contribution in [-0.2, 0) is 0 Å². The number of nitrogens with one attached hydrogen (secondary N) is 2. The number of nitrogens with two attached hydrogens (primary N) is 1. The molecule has 0 fully saturated rings. The molecule has 0 radical (unpaired) electrons. The number of carbonyl (C=O) groups is 1. The van der Waals surface area contributed by atoms with Crippen LogP contribution in [-0.4, -0.2) is 25.8 Å². The molecule has 2 heterocycles. The van der Waals surface area contributed by atoms with Gasteiger partial charge in [-0.1, -0.05) is 0 Å². The van der Waals surface area contributed by atoms with Gasteiger partial charge in [-0.3, -0.25) is 10.1 Å². The highest BCUT2D eigenvalue weighted by Gasteiger charge is 2.10. The monoisotopic (exact) mass is 259 g/mol. The van der Waals surface area contributed by atoms with Crippen molar-refractivity contribution < 1.29 is 4.79 Å². The molecule has 0 saturated heterocycles. The number of nitrogen functional groups attached to an aromatic ring is 1. The number of hydrogen-bond donors (Lipinski definition) is 3. The van der Waals surface area contributed by atoms with Crippen molar-refractivity contribution in [1.29, 1.82) is 0 Å². The quantitative estimate of drug-likeness (QED) is 0.540. The molecular formula is C11H13N7O. The average Bonchev–Trinajstić information content (AvgIpc) is 2.37. The van der Waals surface area contributed by atoms with Gasteiger partial charge in [-0.15, -0.1) is 0 Å². The molecule has 0 unspecified atom stereocenters. The first-order valence-electron chi connectivity index (χ1n) is 5.51. The standard InChI is InChI=1S/C11H13N7O/c1-6-3-7(2)16-11(15-6)17-10(19)8-4-14-9(18-12)5-13-8/h3-5H,12H2,1-2H3,(H,14,18)(H,15,16,17,19). The van der Waals surface area contributed by atoms with E-state index in [-0.39, 0.29) is 11.6 Å². The highest BCUT2D eigenvalue weighted by molar-refractivity contribution is 6.01. The molecule has 0 bridgehead atoms. The van der Waals surface area contributed by atoms with Crippen molar-refractivity contribution >= 4 is 17.7 Å². The molecule has 0 atom stereocenters. The zero-order valence-electron chi connectivity index (χ0n) is 10.5. The first-order valence-corrected chi connectivity index (χ1v) is 5.51. The van der Waals surface area contributed by atoms with Crippen molar-refractivity contribution in [3.63, 3.8) is 0 Å². The predicted molar refractivity (Wildman–Crippen MR) is 69.3 cm³/mol. The average molecular weight is 259 g/mol. The fourth-order valence-corrected chi connectivity index (χ4v) is 1.47. The Morgan fingerprint density at radius 2 is 1.84 bits per heavy atom. The van der Waals surface area contributed by atoms with E-state index in [1.165, 1.54) is 12.4 Å². The summed E-state index contributed by atoms with van der Waals surface area (Å²) < 4.78 is 0. The Morgan fingerprint density at radius 3 is 2.37 bits per heavy atom. The second kappa shape index (κ2) is 5.36. The molecule has 2 rings (SSSR count). The molecule has 0 aliphatic rings. The number of rotatable bonds is 3. The molecule has 0 aromatic carbocycles. The lowest BCUT2D eigenvalue weighted by atomic mass is 10.3. The molecule has 98 valence electrons. The van der Waals surface area contributed by atoms with E-state index in [0.717, 1.165) is 11.4 Å². The summed E-state index contributed by atoms with van der Waals surface area (Å²) in [4.78, 5) is 27.9. The van der Waals surface area contributed by atoms with Crippen molar-refractivity contribution in [3.05, 3.63) is 35.5 Å². The first kappa shape index (κ1) is 12.8. The van der Waals surface area contributed by atoms with Gasteiger partial charge in [0.05, 0.1) is 12.4 Å². The Kier molecular flexibility index (Phi) is 3.62. The Morgan fingerprint density at radius 1 is 1.16 bits per heavy atom. The van der Waals surface area contributed by atoms with Crippen molar-refractivity contribution in [2.24, 2.45) is 5.84 Å². The lowest BCUT2D eigenvalue weighted by molar-refractivity contribution is 0.102. The molecule has 0 aliphatic carbocycles. The van der Waals surface area contributed by atoms with E-state index >= 15 is 0 Å². The van der Waals surface area contributed by atoms with Crippen LogP contribution >= 0.6 is 0 Å². The maximum atomic E-state index is 11.9. The summed E-state index contributed by atoms with van der Waals surface area (Å²) in [5.41, 5.74) is 4.03. The zero-order chi connectivity index (χ0) is 13.8. The molecule has 8 nitrogen and oxygen atoms in total. The second-order valence-electron chi connectivity index (χ2n) is 3.86. The van der Waals surface area contributed by atoms with Gasteiger partial charge in [0.15, 0.2) is 5.82 Å². The Labute approximate surface area is 109 Å². The minimum atomic E-state index is -0.430. The first-order chi connectivity index (χ1) is 9.08. The fraction of sp³-hybridized carbons (Fsp3) is 0.182. The molecule has 0 spiro atoms. The lowest BCUT2D eigenvalue weighted by Gasteiger charge is -2.05. The molecule has 0 saturated carbocycles. The smallest absolute Gasteiger partial charge is 0.278 e. The summed E-state index contributed by atoms with van der Waals surface area (Å²) in [6, 6.07) is 1.82. The summed E-state index contributed by atoms with van der Waals surface area (Å²) in [6.45, 7) is 3.65. The van der Waals surface area contributed by atoms with Gasteiger partial charge in [-0.2, -0.15) is 0 Å². The van der Waals surface area contributed by atoms with Crippen molar-refractivity contribution in [1.82, 2.24) is 19.9 Å². The number of hydrogen-bond acceptors (Lipinski definition) is 7. The molecule has 4 N–H and O–H groups in total. The van der Waals surface area contributed by atoms with E-state index in [4.69, 9.17) is 5.84 Å². The molecule has 19 heavy (non-hydrogen) atoms. The molecule has 2 aromatic heterocycles. The van der Waals surface area contributed by atoms with E-state index in [2.05, 4.69) is 30.7 Å². The van der Waals surface area contributed by atoms with Crippen LogP contribution in [0.1, 0.15) is 21.9 Å². The van der Waals surface area contributed by atoms with E-state index in [0.29, 0.717) is 5.82 Å². The van der Waals surface area contributed by atoms with Gasteiger partial charge in [-0.05, 0) is 19.9 Å². The van der Waals surface area contributed by atoms with Crippen molar-refractivity contribution in [2.75, 3.05) is 10.7 Å². The van der Waals surface area contributed by atoms with Crippen LogP contribution in [0.3, 0.4) is 0 Å². The summed E-state index contributed by atoms with van der Waals surface area (Å²) >= 11 is 0. The number of anilines is 2. The summed E-state index contributed by atoms with van der Waals surface area (Å²) in [5, 5.41) is 2.56. The molecule has 2 aromatic rings. The molecule has 8 heteroatoms. The van der Waals surface area contributed by atoms with Crippen LogP contribution in [0.5, 0.6) is 0 Å². The maximum Gasteiger partial charge on any atom is 0.278 e. The highest BCUT2D eigenvalue weighted by Crippen LogP contribution is 2.06. The van der Waals surface area contributed by atoms with Crippen LogP contribution in [0, 0.1) is 13.8 Å². The van der Waals surface area contributed by atoms with Gasteiger partial charge in [-0.25, -0.2) is 25.8 Å². The van der Waals surface area contributed by atoms with Gasteiger partial charge in [0, 0.05) is 11.4 Å². The topological polar surface area (TPSA) is 119 Å². The number of aryl methyl sites for hydroxylation is 2. The van der Waals surface area contributed by atoms with Crippen LogP contribution in [0.15, 0.2) is 18.5 Å². The Balaban J connectivity index is 2.15. The number of amides is 1. The van der Waals surface area contributed by atoms with Gasteiger partial charge in [0.25, 0.3) is 5.91 Å². The third-order valence-corrected chi connectivity index (χ3v) is 2.24. The van der Waals surface area contributed by atoms with Crippen molar-refractivity contribution in [3.8, 4) is 0 Å². The van der Waals surface area contributed by atoms with Crippen LogP contribution in [0.4, 0.5) is 11.8 Å². The van der Waals surface area contributed by atoms with E-state index in [1.54, 1.807) is 0 Å². The van der Waals surface area contributed by atoms with Crippen LogP contribution in [0.25, 0.3) is 0 Å². The van der Waals surface area contributed by atoms with Gasteiger partial charge in [0.2, 0.25) is 5.95 Å². The predicted octanol–water partition coefficient (Wildman–Crippen LogP) is 0.421. The molecule has 0 aliphatic heterocycles. The maximum absolute atomic E-state index is 11.9. The summed E-state index contributed by atoms with van der Waals surface area (Å²) in [7, 11) is 0.